The molecule has 1 fully saturated rings. The van der Waals surface area contributed by atoms with Crippen molar-refractivity contribution < 1.29 is 9.53 Å². The number of amides is 1. The zero-order valence-corrected chi connectivity index (χ0v) is 11.8. The predicted molar refractivity (Wildman–Crippen MR) is 76.1 cm³/mol. The molecule has 19 heavy (non-hydrogen) atoms. The molecule has 0 radical (unpaired) electrons. The summed E-state index contributed by atoms with van der Waals surface area (Å²) in [6.07, 6.45) is 0.990. The number of hydrogen-bond acceptors (Lipinski definition) is 3. The van der Waals surface area contributed by atoms with Crippen molar-refractivity contribution in [3.63, 3.8) is 0 Å². The Balaban J connectivity index is 2.00. The molecule has 1 heterocycles. The molecule has 1 amide bonds. The van der Waals surface area contributed by atoms with Crippen LogP contribution < -0.4 is 10.6 Å². The quantitative estimate of drug-likeness (QED) is 0.875. The lowest BCUT2D eigenvalue weighted by molar-refractivity contribution is -0.119. The van der Waals surface area contributed by atoms with Crippen LogP contribution in [0.15, 0.2) is 24.3 Å². The molecule has 0 spiro atoms. The third kappa shape index (κ3) is 3.55. The van der Waals surface area contributed by atoms with E-state index in [-0.39, 0.29) is 24.0 Å². The van der Waals surface area contributed by atoms with Gasteiger partial charge >= 0.3 is 0 Å². The molecule has 3 unspecified atom stereocenters. The first kappa shape index (κ1) is 14.0. The summed E-state index contributed by atoms with van der Waals surface area (Å²) in [4.78, 5) is 12.1. The highest BCUT2D eigenvalue weighted by Gasteiger charge is 2.28. The first-order valence-corrected chi connectivity index (χ1v) is 6.80. The van der Waals surface area contributed by atoms with Crippen LogP contribution in [0.2, 0.25) is 0 Å². The van der Waals surface area contributed by atoms with Gasteiger partial charge in [-0.1, -0.05) is 12.1 Å². The molecular formula is C15H22N2O2. The van der Waals surface area contributed by atoms with Gasteiger partial charge in [0.15, 0.2) is 0 Å². The highest BCUT2D eigenvalue weighted by atomic mass is 16.5. The number of rotatable bonds is 4. The summed E-state index contributed by atoms with van der Waals surface area (Å²) in [5, 5.41) is 6.17. The molecule has 1 aliphatic heterocycles. The summed E-state index contributed by atoms with van der Waals surface area (Å²) in [5.74, 6) is 0.0268. The van der Waals surface area contributed by atoms with E-state index >= 15 is 0 Å². The third-order valence-electron chi connectivity index (χ3n) is 3.66. The molecule has 2 N–H and O–H groups in total. The first-order valence-electron chi connectivity index (χ1n) is 6.80. The maximum atomic E-state index is 12.1. The Bertz CT molecular complexity index is 448. The molecule has 104 valence electrons. The Morgan fingerprint density at radius 3 is 2.89 bits per heavy atom. The molecule has 0 saturated carbocycles. The number of hydrogen-bond donors (Lipinski definition) is 2. The molecule has 1 aliphatic rings. The van der Waals surface area contributed by atoms with E-state index in [2.05, 4.69) is 23.6 Å². The molecule has 0 bridgehead atoms. The minimum Gasteiger partial charge on any atom is -0.378 e. The van der Waals surface area contributed by atoms with Crippen LogP contribution in [0.3, 0.4) is 0 Å². The molecule has 4 nitrogen and oxygen atoms in total. The van der Waals surface area contributed by atoms with E-state index in [1.807, 2.05) is 32.2 Å². The zero-order chi connectivity index (χ0) is 13.8. The smallest absolute Gasteiger partial charge is 0.229 e. The van der Waals surface area contributed by atoms with Gasteiger partial charge in [0.05, 0.1) is 18.6 Å². The van der Waals surface area contributed by atoms with Gasteiger partial charge in [-0.2, -0.15) is 0 Å². The van der Waals surface area contributed by atoms with Crippen LogP contribution in [-0.2, 0) is 9.53 Å². The minimum absolute atomic E-state index is 0.0274. The Kier molecular flexibility index (Phi) is 4.56. The maximum absolute atomic E-state index is 12.1. The highest BCUT2D eigenvalue weighted by molar-refractivity contribution is 5.92. The standard InChI is InChI=1S/C15H22N2O2/c1-10-7-13(9-19-10)15(18)17-14-6-4-5-12(8-14)11(2)16-3/h4-6,8,10-11,13,16H,7,9H2,1-3H3,(H,17,18). The van der Waals surface area contributed by atoms with Crippen LogP contribution in [0.4, 0.5) is 5.69 Å². The van der Waals surface area contributed by atoms with Crippen molar-refractivity contribution in [2.75, 3.05) is 19.0 Å². The summed E-state index contributed by atoms with van der Waals surface area (Å²) < 4.78 is 5.43. The number of carbonyl (C=O) groups is 1. The normalized spacial score (nSPS) is 24.2. The van der Waals surface area contributed by atoms with E-state index in [0.717, 1.165) is 17.7 Å². The monoisotopic (exact) mass is 262 g/mol. The van der Waals surface area contributed by atoms with Crippen LogP contribution in [0.1, 0.15) is 31.9 Å². The number of nitrogens with one attached hydrogen (secondary N) is 2. The van der Waals surface area contributed by atoms with Crippen LogP contribution in [0.25, 0.3) is 0 Å². The van der Waals surface area contributed by atoms with Gasteiger partial charge in [0.1, 0.15) is 0 Å². The Labute approximate surface area is 114 Å². The summed E-state index contributed by atoms with van der Waals surface area (Å²) in [5.41, 5.74) is 2.01. The second kappa shape index (κ2) is 6.17. The summed E-state index contributed by atoms with van der Waals surface area (Å²) in [6.45, 7) is 4.62. The largest absolute Gasteiger partial charge is 0.378 e. The highest BCUT2D eigenvalue weighted by Crippen LogP contribution is 2.22. The fourth-order valence-corrected chi connectivity index (χ4v) is 2.30. The van der Waals surface area contributed by atoms with Crippen molar-refractivity contribution in [2.24, 2.45) is 5.92 Å². The second-order valence-corrected chi connectivity index (χ2v) is 5.20. The van der Waals surface area contributed by atoms with Crippen LogP contribution in [0, 0.1) is 5.92 Å². The molecule has 4 heteroatoms. The van der Waals surface area contributed by atoms with E-state index in [9.17, 15) is 4.79 Å². The van der Waals surface area contributed by atoms with Gasteiger partial charge in [0, 0.05) is 11.7 Å². The van der Waals surface area contributed by atoms with Crippen LogP contribution >= 0.6 is 0 Å². The Morgan fingerprint density at radius 1 is 1.47 bits per heavy atom. The van der Waals surface area contributed by atoms with Crippen molar-refractivity contribution >= 4 is 11.6 Å². The van der Waals surface area contributed by atoms with Gasteiger partial charge in [-0.3, -0.25) is 4.79 Å². The fraction of sp³-hybridized carbons (Fsp3) is 0.533. The van der Waals surface area contributed by atoms with Gasteiger partial charge < -0.3 is 15.4 Å². The number of ether oxygens (including phenoxy) is 1. The SMILES string of the molecule is CNC(C)c1cccc(NC(=O)C2COC(C)C2)c1. The van der Waals surface area contributed by atoms with Gasteiger partial charge in [0.25, 0.3) is 0 Å². The Hall–Kier alpha value is -1.39. The summed E-state index contributed by atoms with van der Waals surface area (Å²) in [6, 6.07) is 8.22. The van der Waals surface area contributed by atoms with Gasteiger partial charge in [-0.05, 0) is 45.0 Å². The lowest BCUT2D eigenvalue weighted by atomic mass is 10.0. The second-order valence-electron chi connectivity index (χ2n) is 5.20. The van der Waals surface area contributed by atoms with Gasteiger partial charge in [-0.15, -0.1) is 0 Å². The minimum atomic E-state index is -0.0274. The fourth-order valence-electron chi connectivity index (χ4n) is 2.30. The third-order valence-corrected chi connectivity index (χ3v) is 3.66. The summed E-state index contributed by atoms with van der Waals surface area (Å²) >= 11 is 0. The molecule has 1 aromatic rings. The first-order chi connectivity index (χ1) is 9.10. The molecule has 0 aliphatic carbocycles. The van der Waals surface area contributed by atoms with E-state index in [0.29, 0.717) is 6.61 Å². The van der Waals surface area contributed by atoms with Crippen molar-refractivity contribution in [3.05, 3.63) is 29.8 Å². The lowest BCUT2D eigenvalue weighted by Crippen LogP contribution is -2.23. The molecule has 0 aromatic heterocycles. The average Bonchev–Trinajstić information content (AvgIpc) is 2.85. The lowest BCUT2D eigenvalue weighted by Gasteiger charge is -2.14. The van der Waals surface area contributed by atoms with Crippen molar-refractivity contribution in [1.29, 1.82) is 0 Å². The zero-order valence-electron chi connectivity index (χ0n) is 11.8. The molecule has 1 aromatic carbocycles. The number of benzene rings is 1. The predicted octanol–water partition coefficient (Wildman–Crippen LogP) is 2.33. The molecule has 1 saturated heterocycles. The van der Waals surface area contributed by atoms with Gasteiger partial charge in [0.2, 0.25) is 5.91 Å². The average molecular weight is 262 g/mol. The van der Waals surface area contributed by atoms with Gasteiger partial charge in [-0.25, -0.2) is 0 Å². The van der Waals surface area contributed by atoms with Crippen molar-refractivity contribution in [1.82, 2.24) is 5.32 Å². The topological polar surface area (TPSA) is 50.4 Å². The van der Waals surface area contributed by atoms with E-state index in [1.165, 1.54) is 0 Å². The number of carbonyl (C=O) groups excluding carboxylic acids is 1. The molecule has 3 atom stereocenters. The van der Waals surface area contributed by atoms with Crippen molar-refractivity contribution in [3.8, 4) is 0 Å². The van der Waals surface area contributed by atoms with Crippen LogP contribution in [0.5, 0.6) is 0 Å². The Morgan fingerprint density at radius 2 is 2.26 bits per heavy atom. The number of anilines is 1. The molecule has 2 rings (SSSR count). The molecular weight excluding hydrogens is 240 g/mol. The van der Waals surface area contributed by atoms with E-state index in [4.69, 9.17) is 4.74 Å². The summed E-state index contributed by atoms with van der Waals surface area (Å²) in [7, 11) is 1.92. The maximum Gasteiger partial charge on any atom is 0.229 e. The van der Waals surface area contributed by atoms with Crippen LogP contribution in [-0.4, -0.2) is 25.7 Å². The van der Waals surface area contributed by atoms with E-state index < -0.39 is 0 Å². The van der Waals surface area contributed by atoms with Crippen molar-refractivity contribution in [2.45, 2.75) is 32.4 Å². The van der Waals surface area contributed by atoms with E-state index in [1.54, 1.807) is 0 Å².